The lowest BCUT2D eigenvalue weighted by molar-refractivity contribution is 0.165. The Morgan fingerprint density at radius 3 is 3.04 bits per heavy atom. The lowest BCUT2D eigenvalue weighted by Gasteiger charge is -2.23. The maximum Gasteiger partial charge on any atom is 0.437 e. The van der Waals surface area contributed by atoms with Crippen LogP contribution in [0.25, 0.3) is 0 Å². The van der Waals surface area contributed by atoms with E-state index in [0.29, 0.717) is 10.7 Å². The first-order valence-electron chi connectivity index (χ1n) is 8.40. The fourth-order valence-electron chi connectivity index (χ4n) is 3.02. The molecule has 0 radical (unpaired) electrons. The molecule has 1 heterocycles. The Hall–Kier alpha value is -2.40. The van der Waals surface area contributed by atoms with Crippen LogP contribution in [0.5, 0.6) is 0 Å². The van der Waals surface area contributed by atoms with E-state index < -0.39 is 6.09 Å². The molecule has 1 N–H and O–H groups in total. The van der Waals surface area contributed by atoms with Crippen LogP contribution < -0.4 is 5.32 Å². The fourth-order valence-corrected chi connectivity index (χ4v) is 3.21. The van der Waals surface area contributed by atoms with Crippen molar-refractivity contribution >= 4 is 29.1 Å². The SMILES string of the molecule is O=C(Nc1cccc(Cl)c1)O/N=C1\CCCCC1Cc1cccnc1. The molecule has 3 rings (SSSR count). The van der Waals surface area contributed by atoms with Gasteiger partial charge in [-0.3, -0.25) is 15.1 Å². The van der Waals surface area contributed by atoms with Gasteiger partial charge in [0.25, 0.3) is 0 Å². The summed E-state index contributed by atoms with van der Waals surface area (Å²) in [5.74, 6) is 0.289. The van der Waals surface area contributed by atoms with Crippen LogP contribution in [0.2, 0.25) is 5.02 Å². The number of rotatable bonds is 4. The van der Waals surface area contributed by atoms with E-state index in [1.807, 2.05) is 12.3 Å². The number of carbonyl (C=O) groups is 1. The highest BCUT2D eigenvalue weighted by molar-refractivity contribution is 6.30. The second-order valence-corrected chi connectivity index (χ2v) is 6.54. The van der Waals surface area contributed by atoms with Crippen LogP contribution in [0, 0.1) is 5.92 Å². The molecule has 1 aliphatic rings. The third kappa shape index (κ3) is 5.29. The zero-order valence-electron chi connectivity index (χ0n) is 13.8. The highest BCUT2D eigenvalue weighted by atomic mass is 35.5. The summed E-state index contributed by atoms with van der Waals surface area (Å²) in [6, 6.07) is 10.9. The van der Waals surface area contributed by atoms with Crippen molar-refractivity contribution in [3.8, 4) is 0 Å². The van der Waals surface area contributed by atoms with E-state index in [4.69, 9.17) is 16.4 Å². The quantitative estimate of drug-likeness (QED) is 0.613. The van der Waals surface area contributed by atoms with E-state index in [9.17, 15) is 4.79 Å². The number of hydrogen-bond acceptors (Lipinski definition) is 4. The van der Waals surface area contributed by atoms with Gasteiger partial charge in [-0.1, -0.05) is 35.3 Å². The zero-order valence-corrected chi connectivity index (χ0v) is 14.6. The van der Waals surface area contributed by atoms with Gasteiger partial charge >= 0.3 is 6.09 Å². The van der Waals surface area contributed by atoms with Crippen LogP contribution in [0.15, 0.2) is 53.9 Å². The summed E-state index contributed by atoms with van der Waals surface area (Å²) in [6.07, 6.45) is 8.04. The van der Waals surface area contributed by atoms with Gasteiger partial charge in [0.1, 0.15) is 0 Å². The molecule has 2 aromatic rings. The number of nitrogens with zero attached hydrogens (tertiary/aromatic N) is 2. The van der Waals surface area contributed by atoms with Crippen LogP contribution in [0.3, 0.4) is 0 Å². The number of oxime groups is 1. The van der Waals surface area contributed by atoms with E-state index >= 15 is 0 Å². The predicted octanol–water partition coefficient (Wildman–Crippen LogP) is 5.07. The molecule has 25 heavy (non-hydrogen) atoms. The van der Waals surface area contributed by atoms with Crippen molar-refractivity contribution in [1.29, 1.82) is 0 Å². The number of amides is 1. The van der Waals surface area contributed by atoms with Gasteiger partial charge in [0.15, 0.2) is 0 Å². The lowest BCUT2D eigenvalue weighted by atomic mass is 9.83. The highest BCUT2D eigenvalue weighted by Crippen LogP contribution is 2.25. The molecule has 5 nitrogen and oxygen atoms in total. The van der Waals surface area contributed by atoms with Crippen molar-refractivity contribution in [2.45, 2.75) is 32.1 Å². The van der Waals surface area contributed by atoms with E-state index in [-0.39, 0.29) is 5.92 Å². The normalized spacial score (nSPS) is 18.8. The number of carbonyl (C=O) groups excluding carboxylic acids is 1. The van der Waals surface area contributed by atoms with E-state index in [0.717, 1.165) is 31.4 Å². The van der Waals surface area contributed by atoms with Crippen molar-refractivity contribution in [2.24, 2.45) is 11.1 Å². The first-order chi connectivity index (χ1) is 12.2. The Balaban J connectivity index is 1.60. The summed E-state index contributed by atoms with van der Waals surface area (Å²) in [7, 11) is 0. The number of nitrogens with one attached hydrogen (secondary N) is 1. The molecule has 1 fully saturated rings. The maximum atomic E-state index is 11.9. The van der Waals surface area contributed by atoms with Gasteiger partial charge < -0.3 is 0 Å². The number of aromatic nitrogens is 1. The smallest absolute Gasteiger partial charge is 0.298 e. The van der Waals surface area contributed by atoms with Gasteiger partial charge in [-0.05, 0) is 55.5 Å². The molecular weight excluding hydrogens is 338 g/mol. The standard InChI is InChI=1S/C19H20ClN3O2/c20-16-7-3-8-17(12-16)22-19(24)25-23-18-9-2-1-6-15(18)11-14-5-4-10-21-13-14/h3-5,7-8,10,12-13,15H,1-2,6,9,11H2,(H,22,24)/b23-18+. The van der Waals surface area contributed by atoms with Crippen molar-refractivity contribution in [3.63, 3.8) is 0 Å². The van der Waals surface area contributed by atoms with Gasteiger partial charge in [-0.25, -0.2) is 4.79 Å². The minimum absolute atomic E-state index is 0.289. The number of pyridine rings is 1. The molecule has 1 saturated carbocycles. The molecule has 6 heteroatoms. The van der Waals surface area contributed by atoms with Crippen molar-refractivity contribution in [1.82, 2.24) is 4.98 Å². The average molecular weight is 358 g/mol. The van der Waals surface area contributed by atoms with Gasteiger partial charge in [-0.2, -0.15) is 0 Å². The number of hydrogen-bond donors (Lipinski definition) is 1. The van der Waals surface area contributed by atoms with Gasteiger partial charge in [-0.15, -0.1) is 0 Å². The van der Waals surface area contributed by atoms with Crippen molar-refractivity contribution < 1.29 is 9.63 Å². The van der Waals surface area contributed by atoms with E-state index in [2.05, 4.69) is 21.5 Å². The Kier molecular flexibility index (Phi) is 6.01. The van der Waals surface area contributed by atoms with Crippen LogP contribution in [0.4, 0.5) is 10.5 Å². The molecule has 0 aliphatic heterocycles. The highest BCUT2D eigenvalue weighted by Gasteiger charge is 2.22. The third-order valence-corrected chi connectivity index (χ3v) is 4.46. The summed E-state index contributed by atoms with van der Waals surface area (Å²) in [5.41, 5.74) is 2.69. The molecule has 0 bridgehead atoms. The summed E-state index contributed by atoms with van der Waals surface area (Å²) >= 11 is 5.90. The largest absolute Gasteiger partial charge is 0.437 e. The minimum Gasteiger partial charge on any atom is -0.298 e. The predicted molar refractivity (Wildman–Crippen MR) is 98.9 cm³/mol. The lowest BCUT2D eigenvalue weighted by Crippen LogP contribution is -2.23. The zero-order chi connectivity index (χ0) is 17.5. The molecule has 1 amide bonds. The Bertz CT molecular complexity index is 749. The summed E-state index contributed by atoms with van der Waals surface area (Å²) in [4.78, 5) is 21.2. The van der Waals surface area contributed by atoms with Crippen LogP contribution in [-0.4, -0.2) is 16.8 Å². The van der Waals surface area contributed by atoms with Crippen molar-refractivity contribution in [2.75, 3.05) is 5.32 Å². The molecule has 1 aromatic carbocycles. The van der Waals surface area contributed by atoms with Crippen LogP contribution in [-0.2, 0) is 11.3 Å². The summed E-state index contributed by atoms with van der Waals surface area (Å²) < 4.78 is 0. The molecule has 1 aliphatic carbocycles. The van der Waals surface area contributed by atoms with E-state index in [1.165, 1.54) is 12.0 Å². The molecule has 1 unspecified atom stereocenters. The van der Waals surface area contributed by atoms with Crippen molar-refractivity contribution in [3.05, 3.63) is 59.4 Å². The molecule has 0 saturated heterocycles. The Labute approximate surface area is 152 Å². The molecule has 0 spiro atoms. The second-order valence-electron chi connectivity index (χ2n) is 6.10. The summed E-state index contributed by atoms with van der Waals surface area (Å²) in [6.45, 7) is 0. The monoisotopic (exact) mass is 357 g/mol. The Morgan fingerprint density at radius 1 is 1.32 bits per heavy atom. The molecule has 1 aromatic heterocycles. The topological polar surface area (TPSA) is 63.6 Å². The Morgan fingerprint density at radius 2 is 2.24 bits per heavy atom. The molecule has 1 atom stereocenters. The van der Waals surface area contributed by atoms with Crippen LogP contribution in [0.1, 0.15) is 31.2 Å². The molecule has 130 valence electrons. The number of anilines is 1. The van der Waals surface area contributed by atoms with Gasteiger partial charge in [0.05, 0.1) is 5.71 Å². The second kappa shape index (κ2) is 8.62. The fraction of sp³-hybridized carbons (Fsp3) is 0.316. The van der Waals surface area contributed by atoms with Crippen LogP contribution >= 0.6 is 11.6 Å². The van der Waals surface area contributed by atoms with E-state index in [1.54, 1.807) is 30.5 Å². The third-order valence-electron chi connectivity index (χ3n) is 4.23. The number of halogens is 1. The van der Waals surface area contributed by atoms with Gasteiger partial charge in [0, 0.05) is 29.0 Å². The maximum absolute atomic E-state index is 11.9. The van der Waals surface area contributed by atoms with Gasteiger partial charge in [0.2, 0.25) is 0 Å². The summed E-state index contributed by atoms with van der Waals surface area (Å²) in [5, 5.41) is 7.30. The average Bonchev–Trinajstić information content (AvgIpc) is 2.62. The number of benzene rings is 1. The first-order valence-corrected chi connectivity index (χ1v) is 8.78. The molecular formula is C19H20ClN3O2. The first kappa shape index (κ1) is 17.4. The minimum atomic E-state index is -0.611.